The number of rotatable bonds is 6. The Kier molecular flexibility index (Phi) is 7.89. The fourth-order valence-electron chi connectivity index (χ4n) is 13.5. The van der Waals surface area contributed by atoms with Crippen LogP contribution in [0, 0.1) is 68.0 Å². The largest absolute Gasteiger partial charge is 0.481 e. The Morgan fingerprint density at radius 3 is 2.13 bits per heavy atom. The third kappa shape index (κ3) is 4.24. The molecule has 46 heavy (non-hydrogen) atoms. The molecule has 0 radical (unpaired) electrons. The number of nitrogens with two attached hydrogens (primary N) is 1. The van der Waals surface area contributed by atoms with Crippen molar-refractivity contribution < 1.29 is 29.3 Å². The molecule has 11 atom stereocenters. The van der Waals surface area contributed by atoms with E-state index in [9.17, 15) is 24.6 Å². The van der Waals surface area contributed by atoms with E-state index >= 15 is 0 Å². The molecular formula is C39H61NO6. The smallest absolute Gasteiger partial charge is 0.309 e. The van der Waals surface area contributed by atoms with Crippen molar-refractivity contribution in [1.29, 1.82) is 0 Å². The first kappa shape index (κ1) is 34.1. The van der Waals surface area contributed by atoms with E-state index in [0.717, 1.165) is 56.9 Å². The minimum atomic E-state index is -0.827. The lowest BCUT2D eigenvalue weighted by Gasteiger charge is -2.72. The maximum Gasteiger partial charge on any atom is 0.309 e. The van der Waals surface area contributed by atoms with Crippen molar-refractivity contribution in [2.45, 2.75) is 139 Å². The average molecular weight is 640 g/mol. The number of ketones is 1. The number of carbonyl (C=O) groups excluding carboxylic acids is 2. The molecule has 0 aliphatic heterocycles. The molecule has 7 heteroatoms. The molecule has 0 unspecified atom stereocenters. The molecule has 5 fully saturated rings. The van der Waals surface area contributed by atoms with E-state index in [4.69, 9.17) is 10.5 Å². The van der Waals surface area contributed by atoms with E-state index in [1.165, 1.54) is 5.57 Å². The highest BCUT2D eigenvalue weighted by molar-refractivity contribution is 6.00. The number of aliphatic hydroxyl groups excluding tert-OH is 1. The highest BCUT2D eigenvalue weighted by Gasteiger charge is 2.71. The molecular weight excluding hydrogens is 578 g/mol. The standard InChI is InChI=1S/C39H61NO6/c1-21(2)30-25(41)19-39(28(42)20-40)17-16-37(8)22(31(30)39)10-11-27-36(7)14-13-29(35(5,6)26(36)12-15-38(27,37)9)46-33(45)24-18-23(32(43)44)34(24,3)4/h21-24,26-29,42H,10-20,40H2,1-9H3,(H,43,44)/t22-,23+,24-,26+,27-,28+,29+,36+,37-,38-,39+/m1/s1. The summed E-state index contributed by atoms with van der Waals surface area (Å²) in [5.74, 6) is -0.354. The molecule has 6 aliphatic rings. The van der Waals surface area contributed by atoms with Crippen LogP contribution in [0.2, 0.25) is 0 Å². The number of esters is 1. The molecule has 0 saturated heterocycles. The minimum Gasteiger partial charge on any atom is -0.481 e. The van der Waals surface area contributed by atoms with Crippen molar-refractivity contribution in [3.05, 3.63) is 11.1 Å². The van der Waals surface area contributed by atoms with Gasteiger partial charge in [0.2, 0.25) is 0 Å². The second kappa shape index (κ2) is 10.6. The van der Waals surface area contributed by atoms with Gasteiger partial charge in [-0.05, 0) is 109 Å². The Morgan fingerprint density at radius 1 is 0.870 bits per heavy atom. The van der Waals surface area contributed by atoms with Gasteiger partial charge < -0.3 is 20.7 Å². The monoisotopic (exact) mass is 639 g/mol. The van der Waals surface area contributed by atoms with Crippen LogP contribution in [-0.2, 0) is 19.1 Å². The fraction of sp³-hybridized carbons (Fsp3) is 0.872. The molecule has 0 aromatic heterocycles. The molecule has 6 aliphatic carbocycles. The van der Waals surface area contributed by atoms with E-state index in [-0.39, 0.29) is 63.8 Å². The van der Waals surface area contributed by atoms with Gasteiger partial charge in [0.1, 0.15) is 6.10 Å². The summed E-state index contributed by atoms with van der Waals surface area (Å²) >= 11 is 0. The SMILES string of the molecule is CC(C)C1=C2[C@H]3CC[C@@H]4[C@@]5(C)CC[C@H](OC(=O)[C@H]6C[C@@H](C(=O)O)C6(C)C)C(C)(C)[C@@H]5CC[C@@]4(C)[C@]3(C)CC[C@@]2([C@@H](O)CN)CC1=O. The molecule has 5 saturated carbocycles. The number of allylic oxidation sites excluding steroid dienone is 1. The van der Waals surface area contributed by atoms with Gasteiger partial charge >= 0.3 is 11.9 Å². The topological polar surface area (TPSA) is 127 Å². The van der Waals surface area contributed by atoms with Crippen molar-refractivity contribution >= 4 is 17.7 Å². The first-order chi connectivity index (χ1) is 21.2. The van der Waals surface area contributed by atoms with Crippen molar-refractivity contribution in [3.63, 3.8) is 0 Å². The lowest BCUT2D eigenvalue weighted by Crippen LogP contribution is -2.66. The zero-order chi connectivity index (χ0) is 34.0. The van der Waals surface area contributed by atoms with E-state index in [2.05, 4.69) is 48.5 Å². The third-order valence-electron chi connectivity index (χ3n) is 16.4. The van der Waals surface area contributed by atoms with Crippen LogP contribution >= 0.6 is 0 Å². The number of aliphatic carboxylic acids is 1. The summed E-state index contributed by atoms with van der Waals surface area (Å²) in [7, 11) is 0. The van der Waals surface area contributed by atoms with Crippen LogP contribution in [0.4, 0.5) is 0 Å². The summed E-state index contributed by atoms with van der Waals surface area (Å²) in [5.41, 5.74) is 7.29. The fourth-order valence-corrected chi connectivity index (χ4v) is 13.5. The minimum absolute atomic E-state index is 0.0196. The van der Waals surface area contributed by atoms with Gasteiger partial charge in [-0.2, -0.15) is 0 Å². The molecule has 258 valence electrons. The second-order valence-corrected chi connectivity index (χ2v) is 18.9. The van der Waals surface area contributed by atoms with Gasteiger partial charge in [-0.1, -0.05) is 67.9 Å². The van der Waals surface area contributed by atoms with Gasteiger partial charge in [-0.3, -0.25) is 14.4 Å². The van der Waals surface area contributed by atoms with Crippen LogP contribution < -0.4 is 5.73 Å². The van der Waals surface area contributed by atoms with Crippen molar-refractivity contribution in [3.8, 4) is 0 Å². The van der Waals surface area contributed by atoms with Crippen molar-refractivity contribution in [2.75, 3.05) is 6.54 Å². The lowest BCUT2D eigenvalue weighted by atomic mass is 9.33. The van der Waals surface area contributed by atoms with Crippen LogP contribution in [0.15, 0.2) is 11.1 Å². The van der Waals surface area contributed by atoms with Gasteiger partial charge in [-0.15, -0.1) is 0 Å². The molecule has 0 aromatic carbocycles. The first-order valence-electron chi connectivity index (χ1n) is 18.3. The number of Topliss-reactive ketones (excluding diaryl/α,β-unsaturated/α-hetero) is 1. The highest BCUT2D eigenvalue weighted by Crippen LogP contribution is 2.77. The molecule has 7 nitrogen and oxygen atoms in total. The average Bonchev–Trinajstić information content (AvgIpc) is 3.27. The van der Waals surface area contributed by atoms with Crippen LogP contribution in [-0.4, -0.2) is 46.7 Å². The van der Waals surface area contributed by atoms with E-state index in [1.807, 2.05) is 13.8 Å². The maximum atomic E-state index is 13.6. The zero-order valence-corrected chi connectivity index (χ0v) is 30.0. The normalized spacial score (nSPS) is 46.4. The molecule has 0 spiro atoms. The van der Waals surface area contributed by atoms with Crippen molar-refractivity contribution in [2.24, 2.45) is 73.7 Å². The second-order valence-electron chi connectivity index (χ2n) is 18.9. The van der Waals surface area contributed by atoms with E-state index in [1.54, 1.807) is 0 Å². The van der Waals surface area contributed by atoms with Crippen LogP contribution in [0.1, 0.15) is 127 Å². The van der Waals surface area contributed by atoms with Crippen LogP contribution in [0.25, 0.3) is 0 Å². The van der Waals surface area contributed by atoms with Gasteiger partial charge in [-0.25, -0.2) is 0 Å². The molecule has 6 rings (SSSR count). The lowest BCUT2D eigenvalue weighted by molar-refractivity contribution is -0.237. The van der Waals surface area contributed by atoms with Gasteiger partial charge in [0, 0.05) is 23.8 Å². The summed E-state index contributed by atoms with van der Waals surface area (Å²) in [4.78, 5) is 38.8. The summed E-state index contributed by atoms with van der Waals surface area (Å²) in [6, 6.07) is 0. The molecule has 0 aromatic rings. The quantitative estimate of drug-likeness (QED) is 0.269. The number of hydrogen-bond donors (Lipinski definition) is 3. The third-order valence-corrected chi connectivity index (χ3v) is 16.4. The number of aliphatic hydroxyl groups is 1. The number of carbonyl (C=O) groups is 3. The summed E-state index contributed by atoms with van der Waals surface area (Å²) in [6.07, 6.45) is 7.90. The Bertz CT molecular complexity index is 1350. The molecule has 0 bridgehead atoms. The van der Waals surface area contributed by atoms with Gasteiger partial charge in [0.05, 0.1) is 17.9 Å². The van der Waals surface area contributed by atoms with Crippen LogP contribution in [0.5, 0.6) is 0 Å². The van der Waals surface area contributed by atoms with Crippen molar-refractivity contribution in [1.82, 2.24) is 0 Å². The highest BCUT2D eigenvalue weighted by atomic mass is 16.5. The summed E-state index contributed by atoms with van der Waals surface area (Å²) in [5, 5.41) is 21.0. The van der Waals surface area contributed by atoms with Crippen LogP contribution in [0.3, 0.4) is 0 Å². The maximum absolute atomic E-state index is 13.6. The van der Waals surface area contributed by atoms with E-state index in [0.29, 0.717) is 24.7 Å². The van der Waals surface area contributed by atoms with E-state index < -0.39 is 28.8 Å². The summed E-state index contributed by atoms with van der Waals surface area (Å²) < 4.78 is 6.37. The number of ether oxygens (including phenoxy) is 1. The Balaban J connectivity index is 1.28. The Labute approximate surface area is 276 Å². The first-order valence-corrected chi connectivity index (χ1v) is 18.3. The zero-order valence-electron chi connectivity index (χ0n) is 30.0. The summed E-state index contributed by atoms with van der Waals surface area (Å²) in [6.45, 7) is 20.5. The molecule has 0 amide bonds. The predicted octanol–water partition coefficient (Wildman–Crippen LogP) is 6.95. The predicted molar refractivity (Wildman–Crippen MR) is 177 cm³/mol. The number of carboxylic acids is 1. The number of fused-ring (bicyclic) bond motifs is 7. The molecule has 0 heterocycles. The van der Waals surface area contributed by atoms with Gasteiger partial charge in [0.15, 0.2) is 5.78 Å². The number of hydrogen-bond acceptors (Lipinski definition) is 6. The number of carboxylic acid groups (broad SMARTS) is 1. The Morgan fingerprint density at radius 2 is 1.54 bits per heavy atom. The van der Waals surface area contributed by atoms with Gasteiger partial charge in [0.25, 0.3) is 0 Å². The Hall–Kier alpha value is -1.73. The molecule has 4 N–H and O–H groups in total.